The molecule has 0 bridgehead atoms. The van der Waals surface area contributed by atoms with E-state index in [2.05, 4.69) is 15.3 Å². The SMILES string of the molecule is COc1ccc2nc(NC(=O)c3ccc4nc(C)sc4c3)sc2c1. The molecule has 0 aliphatic heterocycles. The molecule has 24 heavy (non-hydrogen) atoms. The third-order valence-corrected chi connectivity index (χ3v) is 5.44. The Morgan fingerprint density at radius 2 is 1.79 bits per heavy atom. The molecule has 7 heteroatoms. The molecule has 0 atom stereocenters. The maximum atomic E-state index is 12.5. The van der Waals surface area contributed by atoms with Gasteiger partial charge in [-0.15, -0.1) is 11.3 Å². The summed E-state index contributed by atoms with van der Waals surface area (Å²) in [5.74, 6) is 0.601. The van der Waals surface area contributed by atoms with E-state index in [0.717, 1.165) is 31.2 Å². The molecule has 0 aliphatic rings. The molecule has 0 aliphatic carbocycles. The number of carbonyl (C=O) groups is 1. The highest BCUT2D eigenvalue weighted by Crippen LogP contribution is 2.30. The van der Waals surface area contributed by atoms with E-state index >= 15 is 0 Å². The van der Waals surface area contributed by atoms with Gasteiger partial charge in [0.1, 0.15) is 5.75 Å². The van der Waals surface area contributed by atoms with Gasteiger partial charge in [-0.3, -0.25) is 10.1 Å². The lowest BCUT2D eigenvalue weighted by Gasteiger charge is -2.01. The van der Waals surface area contributed by atoms with Crippen molar-refractivity contribution in [2.45, 2.75) is 6.92 Å². The van der Waals surface area contributed by atoms with Crippen molar-refractivity contribution in [1.82, 2.24) is 9.97 Å². The van der Waals surface area contributed by atoms with Gasteiger partial charge in [0.2, 0.25) is 0 Å². The van der Waals surface area contributed by atoms with Crippen molar-refractivity contribution in [1.29, 1.82) is 0 Å². The predicted molar refractivity (Wildman–Crippen MR) is 98.5 cm³/mol. The van der Waals surface area contributed by atoms with Gasteiger partial charge in [0.15, 0.2) is 5.13 Å². The van der Waals surface area contributed by atoms with Crippen LogP contribution in [0.4, 0.5) is 5.13 Å². The van der Waals surface area contributed by atoms with E-state index in [-0.39, 0.29) is 5.91 Å². The van der Waals surface area contributed by atoms with Crippen molar-refractivity contribution < 1.29 is 9.53 Å². The van der Waals surface area contributed by atoms with Crippen LogP contribution in [0.3, 0.4) is 0 Å². The van der Waals surface area contributed by atoms with E-state index in [0.29, 0.717) is 10.7 Å². The number of amides is 1. The standard InChI is InChI=1S/C17H13N3O2S2/c1-9-18-12-5-3-10(7-14(12)23-9)16(21)20-17-19-13-6-4-11(22-2)8-15(13)24-17/h3-8H,1-2H3,(H,19,20,21). The van der Waals surface area contributed by atoms with Gasteiger partial charge >= 0.3 is 0 Å². The number of fused-ring (bicyclic) bond motifs is 2. The number of hydrogen-bond acceptors (Lipinski definition) is 6. The third-order valence-electron chi connectivity index (χ3n) is 3.57. The summed E-state index contributed by atoms with van der Waals surface area (Å²) < 4.78 is 7.19. The van der Waals surface area contributed by atoms with E-state index in [9.17, 15) is 4.79 Å². The molecule has 4 aromatic rings. The second-order valence-corrected chi connectivity index (χ2v) is 7.49. The highest BCUT2D eigenvalue weighted by Gasteiger charge is 2.12. The molecule has 4 rings (SSSR count). The first-order valence-electron chi connectivity index (χ1n) is 7.25. The minimum atomic E-state index is -0.172. The van der Waals surface area contributed by atoms with Crippen molar-refractivity contribution in [3.05, 3.63) is 47.0 Å². The monoisotopic (exact) mass is 355 g/mol. The topological polar surface area (TPSA) is 64.1 Å². The molecule has 2 heterocycles. The second kappa shape index (κ2) is 5.85. The molecular formula is C17H13N3O2S2. The Labute approximate surface area is 145 Å². The molecule has 2 aromatic carbocycles. The minimum Gasteiger partial charge on any atom is -0.497 e. The summed E-state index contributed by atoms with van der Waals surface area (Å²) in [6.45, 7) is 1.96. The number of aromatic nitrogens is 2. The summed E-state index contributed by atoms with van der Waals surface area (Å²) in [6.07, 6.45) is 0. The number of nitrogens with zero attached hydrogens (tertiary/aromatic N) is 2. The van der Waals surface area contributed by atoms with Crippen LogP contribution in [0.25, 0.3) is 20.4 Å². The van der Waals surface area contributed by atoms with Gasteiger partial charge in [0, 0.05) is 5.56 Å². The van der Waals surface area contributed by atoms with Gasteiger partial charge in [0.05, 0.1) is 32.6 Å². The number of methoxy groups -OCH3 is 1. The van der Waals surface area contributed by atoms with Crippen LogP contribution in [-0.4, -0.2) is 23.0 Å². The van der Waals surface area contributed by atoms with Crippen LogP contribution in [0.15, 0.2) is 36.4 Å². The third kappa shape index (κ3) is 2.72. The lowest BCUT2D eigenvalue weighted by molar-refractivity contribution is 0.102. The van der Waals surface area contributed by atoms with Gasteiger partial charge in [-0.2, -0.15) is 0 Å². The Balaban J connectivity index is 1.62. The molecule has 1 N–H and O–H groups in total. The van der Waals surface area contributed by atoms with E-state index in [1.165, 1.54) is 11.3 Å². The van der Waals surface area contributed by atoms with E-state index in [1.54, 1.807) is 24.5 Å². The average Bonchev–Trinajstić information content (AvgIpc) is 3.14. The quantitative estimate of drug-likeness (QED) is 0.589. The number of benzene rings is 2. The number of nitrogens with one attached hydrogen (secondary N) is 1. The molecule has 0 spiro atoms. The average molecular weight is 355 g/mol. The first-order chi connectivity index (χ1) is 11.6. The Kier molecular flexibility index (Phi) is 3.66. The Hall–Kier alpha value is -2.51. The summed E-state index contributed by atoms with van der Waals surface area (Å²) >= 11 is 3.00. The lowest BCUT2D eigenvalue weighted by atomic mass is 10.2. The summed E-state index contributed by atoms with van der Waals surface area (Å²) in [5, 5.41) is 4.43. The number of anilines is 1. The first kappa shape index (κ1) is 15.0. The summed E-state index contributed by atoms with van der Waals surface area (Å²) in [6, 6.07) is 11.2. The lowest BCUT2D eigenvalue weighted by Crippen LogP contribution is -2.11. The van der Waals surface area contributed by atoms with Gasteiger partial charge < -0.3 is 4.74 Å². The molecule has 1 amide bonds. The van der Waals surface area contributed by atoms with Crippen LogP contribution < -0.4 is 10.1 Å². The predicted octanol–water partition coefficient (Wildman–Crippen LogP) is 4.48. The normalized spacial score (nSPS) is 11.1. The number of rotatable bonds is 3. The number of carbonyl (C=O) groups excluding carboxylic acids is 1. The second-order valence-electron chi connectivity index (χ2n) is 5.22. The maximum Gasteiger partial charge on any atom is 0.257 e. The molecule has 0 saturated heterocycles. The zero-order chi connectivity index (χ0) is 16.7. The number of thiazole rings is 2. The van der Waals surface area contributed by atoms with Gasteiger partial charge in [0.25, 0.3) is 5.91 Å². The van der Waals surface area contributed by atoms with Crippen molar-refractivity contribution in [3.8, 4) is 5.75 Å². The molecular weight excluding hydrogens is 342 g/mol. The number of hydrogen-bond donors (Lipinski definition) is 1. The zero-order valence-corrected chi connectivity index (χ0v) is 14.6. The molecule has 2 aromatic heterocycles. The maximum absolute atomic E-state index is 12.5. The van der Waals surface area contributed by atoms with E-state index in [4.69, 9.17) is 4.74 Å². The zero-order valence-electron chi connectivity index (χ0n) is 13.0. The summed E-state index contributed by atoms with van der Waals surface area (Å²) in [4.78, 5) is 21.3. The molecule has 120 valence electrons. The highest BCUT2D eigenvalue weighted by atomic mass is 32.1. The van der Waals surface area contributed by atoms with Crippen molar-refractivity contribution >= 4 is 54.1 Å². The molecule has 0 unspecified atom stereocenters. The summed E-state index contributed by atoms with van der Waals surface area (Å²) in [5.41, 5.74) is 2.36. The fraction of sp³-hybridized carbons (Fsp3) is 0.118. The van der Waals surface area contributed by atoms with Crippen LogP contribution in [0.2, 0.25) is 0 Å². The Bertz CT molecular complexity index is 1070. The number of ether oxygens (including phenoxy) is 1. The smallest absolute Gasteiger partial charge is 0.257 e. The van der Waals surface area contributed by atoms with Gasteiger partial charge in [-0.05, 0) is 43.3 Å². The van der Waals surface area contributed by atoms with Crippen LogP contribution in [0.5, 0.6) is 5.75 Å². The molecule has 0 radical (unpaired) electrons. The van der Waals surface area contributed by atoms with Gasteiger partial charge in [-0.25, -0.2) is 9.97 Å². The van der Waals surface area contributed by atoms with Crippen molar-refractivity contribution in [3.63, 3.8) is 0 Å². The first-order valence-corrected chi connectivity index (χ1v) is 8.89. The van der Waals surface area contributed by atoms with Crippen LogP contribution in [0, 0.1) is 6.92 Å². The molecule has 0 saturated carbocycles. The van der Waals surface area contributed by atoms with Crippen molar-refractivity contribution in [2.24, 2.45) is 0 Å². The summed E-state index contributed by atoms with van der Waals surface area (Å²) in [7, 11) is 1.63. The molecule has 0 fully saturated rings. The fourth-order valence-electron chi connectivity index (χ4n) is 2.44. The fourth-order valence-corrected chi connectivity index (χ4v) is 4.19. The van der Waals surface area contributed by atoms with E-state index in [1.807, 2.05) is 37.3 Å². The number of aryl methyl sites for hydroxylation is 1. The van der Waals surface area contributed by atoms with Crippen LogP contribution in [0.1, 0.15) is 15.4 Å². The Morgan fingerprint density at radius 1 is 1.04 bits per heavy atom. The van der Waals surface area contributed by atoms with Gasteiger partial charge in [-0.1, -0.05) is 11.3 Å². The van der Waals surface area contributed by atoms with Crippen LogP contribution >= 0.6 is 22.7 Å². The largest absolute Gasteiger partial charge is 0.497 e. The minimum absolute atomic E-state index is 0.172. The highest BCUT2D eigenvalue weighted by molar-refractivity contribution is 7.22. The van der Waals surface area contributed by atoms with E-state index < -0.39 is 0 Å². The Morgan fingerprint density at radius 3 is 2.62 bits per heavy atom. The van der Waals surface area contributed by atoms with Crippen LogP contribution in [-0.2, 0) is 0 Å². The van der Waals surface area contributed by atoms with Crippen molar-refractivity contribution in [2.75, 3.05) is 12.4 Å². The molecule has 5 nitrogen and oxygen atoms in total.